The Morgan fingerprint density at radius 2 is 1.57 bits per heavy atom. The Morgan fingerprint density at radius 1 is 0.905 bits per heavy atom. The van der Waals surface area contributed by atoms with Gasteiger partial charge in [-0.15, -0.1) is 0 Å². The molecule has 1 aromatic heterocycles. The highest BCUT2D eigenvalue weighted by atomic mass is 79.9. The molecule has 0 aliphatic rings. The fourth-order valence-corrected chi connectivity index (χ4v) is 2.67. The fourth-order valence-electron chi connectivity index (χ4n) is 2.40. The van der Waals surface area contributed by atoms with E-state index >= 15 is 0 Å². The van der Waals surface area contributed by atoms with Gasteiger partial charge in [-0.2, -0.15) is 0 Å². The van der Waals surface area contributed by atoms with Crippen LogP contribution in [0, 0.1) is 6.92 Å². The molecule has 0 aliphatic carbocycles. The van der Waals surface area contributed by atoms with Gasteiger partial charge < -0.3 is 4.98 Å². The van der Waals surface area contributed by atoms with Crippen LogP contribution in [-0.4, -0.2) is 9.97 Å². The molecule has 0 atom stereocenters. The highest BCUT2D eigenvalue weighted by molar-refractivity contribution is 9.10. The predicted molar refractivity (Wildman–Crippen MR) is 89.5 cm³/mol. The molecule has 3 rings (SSSR count). The summed E-state index contributed by atoms with van der Waals surface area (Å²) in [5.74, 6) is 1.03. The Bertz CT molecular complexity index is 715. The van der Waals surface area contributed by atoms with Crippen LogP contribution < -0.4 is 0 Å². The molecule has 3 heteroatoms. The van der Waals surface area contributed by atoms with Crippen LogP contribution in [0.2, 0.25) is 0 Å². The van der Waals surface area contributed by atoms with Crippen molar-refractivity contribution in [2.75, 3.05) is 0 Å². The first-order chi connectivity index (χ1) is 10.2. The van der Waals surface area contributed by atoms with Crippen LogP contribution in [0.5, 0.6) is 0 Å². The summed E-state index contributed by atoms with van der Waals surface area (Å²) in [5.41, 5.74) is 4.84. The second-order valence-corrected chi connectivity index (χ2v) is 6.14. The van der Waals surface area contributed by atoms with Crippen LogP contribution in [0.4, 0.5) is 0 Å². The lowest BCUT2D eigenvalue weighted by molar-refractivity contribution is 0.999. The number of nitrogens with one attached hydrogen (secondary N) is 1. The zero-order chi connectivity index (χ0) is 14.7. The quantitative estimate of drug-likeness (QED) is 0.734. The van der Waals surface area contributed by atoms with Crippen LogP contribution in [0.1, 0.15) is 28.3 Å². The maximum absolute atomic E-state index is 4.76. The topological polar surface area (TPSA) is 28.7 Å². The number of benzene rings is 2. The first-order valence-electron chi connectivity index (χ1n) is 7.03. The van der Waals surface area contributed by atoms with Gasteiger partial charge in [-0.1, -0.05) is 58.4 Å². The maximum Gasteiger partial charge on any atom is 0.111 e. The van der Waals surface area contributed by atoms with Crippen LogP contribution in [0.15, 0.2) is 59.1 Å². The van der Waals surface area contributed by atoms with Crippen molar-refractivity contribution in [2.45, 2.75) is 19.8 Å². The second kappa shape index (κ2) is 6.27. The normalized spacial score (nSPS) is 10.8. The van der Waals surface area contributed by atoms with E-state index in [0.717, 1.165) is 34.5 Å². The number of H-pyrrole nitrogens is 1. The van der Waals surface area contributed by atoms with E-state index < -0.39 is 0 Å². The minimum absolute atomic E-state index is 0.849. The molecule has 3 aromatic rings. The summed E-state index contributed by atoms with van der Waals surface area (Å²) in [6, 6.07) is 18.8. The van der Waals surface area contributed by atoms with Crippen molar-refractivity contribution in [3.63, 3.8) is 0 Å². The van der Waals surface area contributed by atoms with Crippen LogP contribution in [0.25, 0.3) is 0 Å². The van der Waals surface area contributed by atoms with E-state index in [0.29, 0.717) is 0 Å². The molecule has 21 heavy (non-hydrogen) atoms. The number of rotatable bonds is 4. The minimum Gasteiger partial charge on any atom is -0.346 e. The number of aryl methyl sites for hydroxylation is 1. The third-order valence-electron chi connectivity index (χ3n) is 3.53. The molecule has 1 N–H and O–H groups in total. The molecule has 0 saturated heterocycles. The molecule has 2 aromatic carbocycles. The van der Waals surface area contributed by atoms with Crippen molar-refractivity contribution in [1.82, 2.24) is 9.97 Å². The van der Waals surface area contributed by atoms with E-state index in [9.17, 15) is 0 Å². The first kappa shape index (κ1) is 14.1. The van der Waals surface area contributed by atoms with Crippen molar-refractivity contribution in [1.29, 1.82) is 0 Å². The Labute approximate surface area is 133 Å². The molecule has 1 heterocycles. The largest absolute Gasteiger partial charge is 0.346 e. The van der Waals surface area contributed by atoms with Gasteiger partial charge >= 0.3 is 0 Å². The van der Waals surface area contributed by atoms with Gasteiger partial charge in [0.2, 0.25) is 0 Å². The van der Waals surface area contributed by atoms with Gasteiger partial charge in [0.25, 0.3) is 0 Å². The molecular weight excluding hydrogens is 324 g/mol. The molecule has 2 nitrogen and oxygen atoms in total. The number of hydrogen-bond acceptors (Lipinski definition) is 1. The molecule has 0 amide bonds. The zero-order valence-electron chi connectivity index (χ0n) is 11.9. The minimum atomic E-state index is 0.849. The van der Waals surface area contributed by atoms with Gasteiger partial charge in [0.1, 0.15) is 5.82 Å². The lowest BCUT2D eigenvalue weighted by Gasteiger charge is -2.00. The summed E-state index contributed by atoms with van der Waals surface area (Å²) in [7, 11) is 0. The smallest absolute Gasteiger partial charge is 0.111 e. The van der Waals surface area contributed by atoms with Gasteiger partial charge in [0.05, 0.1) is 5.69 Å². The number of hydrogen-bond donors (Lipinski definition) is 1. The van der Waals surface area contributed by atoms with Gasteiger partial charge in [-0.25, -0.2) is 4.98 Å². The predicted octanol–water partition coefficient (Wildman–Crippen LogP) is 4.66. The summed E-state index contributed by atoms with van der Waals surface area (Å²) in [5, 5.41) is 0. The molecule has 0 aliphatic heterocycles. The van der Waals surface area contributed by atoms with Gasteiger partial charge in [-0.05, 0) is 30.2 Å². The van der Waals surface area contributed by atoms with Crippen molar-refractivity contribution in [2.24, 2.45) is 0 Å². The number of aromatic amines is 1. The average molecular weight is 341 g/mol. The SMILES string of the molecule is Cc1[nH]c(Cc2ccccc2)nc1Cc1ccc(Br)cc1. The monoisotopic (exact) mass is 340 g/mol. The summed E-state index contributed by atoms with van der Waals surface area (Å²) >= 11 is 3.46. The highest BCUT2D eigenvalue weighted by Gasteiger charge is 2.08. The third kappa shape index (κ3) is 3.61. The molecule has 0 fully saturated rings. The van der Waals surface area contributed by atoms with Crippen molar-refractivity contribution >= 4 is 15.9 Å². The van der Waals surface area contributed by atoms with Crippen LogP contribution in [-0.2, 0) is 12.8 Å². The number of nitrogens with zero attached hydrogens (tertiary/aromatic N) is 1. The molecular formula is C18H17BrN2. The average Bonchev–Trinajstić information content (AvgIpc) is 2.82. The van der Waals surface area contributed by atoms with E-state index in [1.807, 2.05) is 6.07 Å². The molecule has 0 bridgehead atoms. The van der Waals surface area contributed by atoms with E-state index in [4.69, 9.17) is 4.98 Å². The summed E-state index contributed by atoms with van der Waals surface area (Å²) in [6.45, 7) is 2.09. The summed E-state index contributed by atoms with van der Waals surface area (Å²) < 4.78 is 1.11. The third-order valence-corrected chi connectivity index (χ3v) is 4.06. The Kier molecular flexibility index (Phi) is 4.20. The Balaban J connectivity index is 1.76. The molecule has 106 valence electrons. The molecule has 0 spiro atoms. The van der Waals surface area contributed by atoms with Gasteiger partial charge in [0, 0.05) is 23.0 Å². The second-order valence-electron chi connectivity index (χ2n) is 5.22. The number of halogens is 1. The van der Waals surface area contributed by atoms with Gasteiger partial charge in [-0.3, -0.25) is 0 Å². The first-order valence-corrected chi connectivity index (χ1v) is 7.83. The zero-order valence-corrected chi connectivity index (χ0v) is 13.5. The summed E-state index contributed by atoms with van der Waals surface area (Å²) in [4.78, 5) is 8.16. The highest BCUT2D eigenvalue weighted by Crippen LogP contribution is 2.16. The number of aromatic nitrogens is 2. The summed E-state index contributed by atoms with van der Waals surface area (Å²) in [6.07, 6.45) is 1.71. The van der Waals surface area contributed by atoms with E-state index in [2.05, 4.69) is 76.4 Å². The Hall–Kier alpha value is -1.87. The van der Waals surface area contributed by atoms with Gasteiger partial charge in [0.15, 0.2) is 0 Å². The van der Waals surface area contributed by atoms with Crippen molar-refractivity contribution in [3.05, 3.63) is 87.4 Å². The van der Waals surface area contributed by atoms with Crippen molar-refractivity contribution in [3.8, 4) is 0 Å². The van der Waals surface area contributed by atoms with E-state index in [-0.39, 0.29) is 0 Å². The van der Waals surface area contributed by atoms with E-state index in [1.165, 1.54) is 11.1 Å². The van der Waals surface area contributed by atoms with Crippen LogP contribution in [0.3, 0.4) is 0 Å². The van der Waals surface area contributed by atoms with Crippen LogP contribution >= 0.6 is 15.9 Å². The fraction of sp³-hybridized carbons (Fsp3) is 0.167. The molecule has 0 saturated carbocycles. The standard InChI is InChI=1S/C18H17BrN2/c1-13-17(11-15-7-9-16(19)10-8-15)21-18(20-13)12-14-5-3-2-4-6-14/h2-10H,11-12H2,1H3,(H,20,21). The number of imidazole rings is 1. The molecule has 0 radical (unpaired) electrons. The lowest BCUT2D eigenvalue weighted by Crippen LogP contribution is -1.92. The molecule has 0 unspecified atom stereocenters. The Morgan fingerprint density at radius 3 is 2.29 bits per heavy atom. The van der Waals surface area contributed by atoms with Crippen molar-refractivity contribution < 1.29 is 0 Å². The van der Waals surface area contributed by atoms with E-state index in [1.54, 1.807) is 0 Å². The lowest BCUT2D eigenvalue weighted by atomic mass is 10.1. The maximum atomic E-state index is 4.76.